The summed E-state index contributed by atoms with van der Waals surface area (Å²) >= 11 is 0. The van der Waals surface area contributed by atoms with Gasteiger partial charge in [0.25, 0.3) is 0 Å². The van der Waals surface area contributed by atoms with Crippen LogP contribution in [0.1, 0.15) is 47.2 Å². The van der Waals surface area contributed by atoms with Crippen LogP contribution in [0.5, 0.6) is 0 Å². The predicted molar refractivity (Wildman–Crippen MR) is 79.8 cm³/mol. The predicted octanol–water partition coefficient (Wildman–Crippen LogP) is 3.64. The van der Waals surface area contributed by atoms with Crippen LogP contribution < -0.4 is 5.32 Å². The normalized spacial score (nSPS) is 21.8. The van der Waals surface area contributed by atoms with Crippen LogP contribution >= 0.6 is 0 Å². The molecule has 1 saturated carbocycles. The Bertz CT molecular complexity index is 560. The van der Waals surface area contributed by atoms with Gasteiger partial charge in [-0.1, -0.05) is 29.8 Å². The number of nitrogens with one attached hydrogen (secondary N) is 1. The second-order valence-electron chi connectivity index (χ2n) is 5.91. The van der Waals surface area contributed by atoms with Crippen molar-refractivity contribution in [1.29, 1.82) is 0 Å². The minimum atomic E-state index is 0.591. The van der Waals surface area contributed by atoms with E-state index in [1.54, 1.807) is 0 Å². The molecule has 0 unspecified atom stereocenters. The van der Waals surface area contributed by atoms with E-state index < -0.39 is 0 Å². The van der Waals surface area contributed by atoms with E-state index in [9.17, 15) is 0 Å². The Morgan fingerprint density at radius 3 is 2.45 bits per heavy atom. The molecule has 0 atom stereocenters. The fourth-order valence-electron chi connectivity index (χ4n) is 2.74. The van der Waals surface area contributed by atoms with E-state index in [4.69, 9.17) is 4.42 Å². The van der Waals surface area contributed by atoms with Crippen LogP contribution in [0.15, 0.2) is 28.7 Å². The van der Waals surface area contributed by atoms with E-state index in [-0.39, 0.29) is 0 Å². The van der Waals surface area contributed by atoms with Gasteiger partial charge in [0.05, 0.1) is 12.2 Å². The zero-order chi connectivity index (χ0) is 14.1. The number of aromatic nitrogens is 1. The molecule has 1 heterocycles. The molecule has 1 aromatic carbocycles. The van der Waals surface area contributed by atoms with Crippen molar-refractivity contribution in [2.24, 2.45) is 0 Å². The second-order valence-corrected chi connectivity index (χ2v) is 5.91. The third-order valence-corrected chi connectivity index (χ3v) is 4.30. The fourth-order valence-corrected chi connectivity index (χ4v) is 2.74. The van der Waals surface area contributed by atoms with E-state index in [2.05, 4.69) is 41.5 Å². The van der Waals surface area contributed by atoms with Crippen molar-refractivity contribution in [3.63, 3.8) is 0 Å². The standard InChI is InChI=1S/C17H22N2O/c1-11-4-6-14(7-5-11)15-8-16(9-15)18-10-17-19-12(2)13(3)20-17/h4-7,15-16,18H,8-10H2,1-3H3. The number of nitrogens with zero attached hydrogens (tertiary/aromatic N) is 1. The van der Waals surface area contributed by atoms with Gasteiger partial charge >= 0.3 is 0 Å². The van der Waals surface area contributed by atoms with Crippen LogP contribution in [0.3, 0.4) is 0 Å². The molecule has 1 fully saturated rings. The number of hydrogen-bond donors (Lipinski definition) is 1. The average Bonchev–Trinajstić information content (AvgIpc) is 2.69. The van der Waals surface area contributed by atoms with Gasteiger partial charge in [-0.25, -0.2) is 4.98 Å². The Labute approximate surface area is 120 Å². The highest BCUT2D eigenvalue weighted by Gasteiger charge is 2.29. The Morgan fingerprint density at radius 1 is 1.15 bits per heavy atom. The first kappa shape index (κ1) is 13.4. The minimum Gasteiger partial charge on any atom is -0.444 e. The second kappa shape index (κ2) is 5.41. The van der Waals surface area contributed by atoms with E-state index in [1.807, 2.05) is 13.8 Å². The van der Waals surface area contributed by atoms with E-state index in [0.717, 1.165) is 23.9 Å². The zero-order valence-electron chi connectivity index (χ0n) is 12.4. The summed E-state index contributed by atoms with van der Waals surface area (Å²) in [7, 11) is 0. The van der Waals surface area contributed by atoms with Crippen LogP contribution in [0, 0.1) is 20.8 Å². The van der Waals surface area contributed by atoms with Crippen molar-refractivity contribution in [3.05, 3.63) is 52.7 Å². The van der Waals surface area contributed by atoms with Gasteiger partial charge in [0.1, 0.15) is 5.76 Å². The van der Waals surface area contributed by atoms with Crippen LogP contribution in [0.4, 0.5) is 0 Å². The first-order valence-corrected chi connectivity index (χ1v) is 7.34. The first-order chi connectivity index (χ1) is 9.61. The molecule has 0 spiro atoms. The van der Waals surface area contributed by atoms with Crippen molar-refractivity contribution in [2.45, 2.75) is 52.1 Å². The van der Waals surface area contributed by atoms with Crippen LogP contribution in [0.25, 0.3) is 0 Å². The summed E-state index contributed by atoms with van der Waals surface area (Å²) in [5.74, 6) is 2.44. The molecule has 0 amide bonds. The van der Waals surface area contributed by atoms with E-state index in [1.165, 1.54) is 24.0 Å². The molecule has 20 heavy (non-hydrogen) atoms. The molecule has 1 aliphatic carbocycles. The summed E-state index contributed by atoms with van der Waals surface area (Å²) < 4.78 is 5.58. The van der Waals surface area contributed by atoms with Gasteiger partial charge in [-0.3, -0.25) is 0 Å². The molecular formula is C17H22N2O. The Hall–Kier alpha value is -1.61. The van der Waals surface area contributed by atoms with Gasteiger partial charge in [0.2, 0.25) is 5.89 Å². The van der Waals surface area contributed by atoms with Gasteiger partial charge in [-0.2, -0.15) is 0 Å². The molecular weight excluding hydrogens is 248 g/mol. The monoisotopic (exact) mass is 270 g/mol. The summed E-state index contributed by atoms with van der Waals surface area (Å²) in [6.45, 7) is 6.82. The third-order valence-electron chi connectivity index (χ3n) is 4.30. The highest BCUT2D eigenvalue weighted by molar-refractivity contribution is 5.26. The lowest BCUT2D eigenvalue weighted by molar-refractivity contribution is 0.278. The lowest BCUT2D eigenvalue weighted by atomic mass is 9.76. The maximum Gasteiger partial charge on any atom is 0.208 e. The molecule has 106 valence electrons. The largest absolute Gasteiger partial charge is 0.444 e. The molecule has 0 saturated heterocycles. The molecule has 3 heteroatoms. The molecule has 0 bridgehead atoms. The SMILES string of the molecule is Cc1ccc(C2CC(NCc3nc(C)c(C)o3)C2)cc1. The van der Waals surface area contributed by atoms with Crippen molar-refractivity contribution in [1.82, 2.24) is 10.3 Å². The molecule has 3 nitrogen and oxygen atoms in total. The number of rotatable bonds is 4. The molecule has 1 aliphatic rings. The van der Waals surface area contributed by atoms with Gasteiger partial charge in [-0.15, -0.1) is 0 Å². The van der Waals surface area contributed by atoms with Gasteiger partial charge in [-0.05, 0) is 45.1 Å². The maximum atomic E-state index is 5.58. The molecule has 0 aliphatic heterocycles. The first-order valence-electron chi connectivity index (χ1n) is 7.34. The molecule has 3 rings (SSSR count). The van der Waals surface area contributed by atoms with Gasteiger partial charge < -0.3 is 9.73 Å². The highest BCUT2D eigenvalue weighted by Crippen LogP contribution is 2.36. The maximum absolute atomic E-state index is 5.58. The van der Waals surface area contributed by atoms with E-state index in [0.29, 0.717) is 12.0 Å². The van der Waals surface area contributed by atoms with Crippen molar-refractivity contribution >= 4 is 0 Å². The average molecular weight is 270 g/mol. The van der Waals surface area contributed by atoms with Crippen LogP contribution in [-0.4, -0.2) is 11.0 Å². The topological polar surface area (TPSA) is 38.1 Å². The number of benzene rings is 1. The fraction of sp³-hybridized carbons (Fsp3) is 0.471. The Morgan fingerprint density at radius 2 is 1.85 bits per heavy atom. The summed E-state index contributed by atoms with van der Waals surface area (Å²) in [5.41, 5.74) is 3.79. The lowest BCUT2D eigenvalue weighted by Crippen LogP contribution is -2.39. The lowest BCUT2D eigenvalue weighted by Gasteiger charge is -2.36. The molecule has 2 aromatic rings. The molecule has 0 radical (unpaired) electrons. The summed E-state index contributed by atoms with van der Waals surface area (Å²) in [4.78, 5) is 4.40. The number of aryl methyl sites for hydroxylation is 3. The van der Waals surface area contributed by atoms with Crippen molar-refractivity contribution < 1.29 is 4.42 Å². The quantitative estimate of drug-likeness (QED) is 0.921. The number of oxazole rings is 1. The smallest absolute Gasteiger partial charge is 0.208 e. The van der Waals surface area contributed by atoms with Gasteiger partial charge in [0.15, 0.2) is 0 Å². The minimum absolute atomic E-state index is 0.591. The van der Waals surface area contributed by atoms with Crippen molar-refractivity contribution in [3.8, 4) is 0 Å². The van der Waals surface area contributed by atoms with Crippen molar-refractivity contribution in [2.75, 3.05) is 0 Å². The van der Waals surface area contributed by atoms with Crippen LogP contribution in [-0.2, 0) is 6.54 Å². The summed E-state index contributed by atoms with van der Waals surface area (Å²) in [6, 6.07) is 9.52. The Kier molecular flexibility index (Phi) is 3.62. The zero-order valence-corrected chi connectivity index (χ0v) is 12.4. The summed E-state index contributed by atoms with van der Waals surface area (Å²) in [6.07, 6.45) is 2.42. The van der Waals surface area contributed by atoms with E-state index >= 15 is 0 Å². The highest BCUT2D eigenvalue weighted by atomic mass is 16.4. The van der Waals surface area contributed by atoms with Gasteiger partial charge in [0, 0.05) is 6.04 Å². The Balaban J connectivity index is 1.47. The van der Waals surface area contributed by atoms with Crippen LogP contribution in [0.2, 0.25) is 0 Å². The third kappa shape index (κ3) is 2.78. The molecule has 1 N–H and O–H groups in total. The number of hydrogen-bond acceptors (Lipinski definition) is 3. The molecule has 1 aromatic heterocycles. The summed E-state index contributed by atoms with van der Waals surface area (Å²) in [5, 5.41) is 3.53.